The van der Waals surface area contributed by atoms with Gasteiger partial charge in [-0.15, -0.1) is 0 Å². The van der Waals surface area contributed by atoms with E-state index in [-0.39, 0.29) is 18.8 Å². The Morgan fingerprint density at radius 1 is 0.625 bits per heavy atom. The van der Waals surface area contributed by atoms with E-state index in [0.29, 0.717) is 5.56 Å². The van der Waals surface area contributed by atoms with Crippen molar-refractivity contribution in [2.24, 2.45) is 0 Å². The Morgan fingerprint density at radius 3 is 1.58 bits per heavy atom. The van der Waals surface area contributed by atoms with E-state index >= 15 is 0 Å². The fourth-order valence-electron chi connectivity index (χ4n) is 4.91. The van der Waals surface area contributed by atoms with E-state index in [1.54, 1.807) is 60.7 Å². The zero-order valence-electron chi connectivity index (χ0n) is 25.5. The number of nitrogens with one attached hydrogen (secondary N) is 1. The average Bonchev–Trinajstić information content (AvgIpc) is 3.11. The number of rotatable bonds is 12. The summed E-state index contributed by atoms with van der Waals surface area (Å²) in [4.78, 5) is 26.5. The second kappa shape index (κ2) is 16.9. The maximum absolute atomic E-state index is 13.5. The maximum atomic E-state index is 13.5. The number of ether oxygens (including phenoxy) is 6. The molecule has 1 aliphatic rings. The topological polar surface area (TPSA) is 113 Å². The summed E-state index contributed by atoms with van der Waals surface area (Å²) in [5, 5.41) is 8.32. The van der Waals surface area contributed by atoms with Crippen molar-refractivity contribution >= 4 is 52.6 Å². The second-order valence-corrected chi connectivity index (χ2v) is 13.0. The van der Waals surface area contributed by atoms with Gasteiger partial charge in [0.25, 0.3) is 3.79 Å². The van der Waals surface area contributed by atoms with Crippen molar-refractivity contribution in [2.75, 3.05) is 6.61 Å². The molecule has 250 valence electrons. The minimum absolute atomic E-state index is 0.0635. The third-order valence-electron chi connectivity index (χ3n) is 7.29. The molecule has 9 nitrogen and oxygen atoms in total. The minimum Gasteiger partial charge on any atom is -0.459 e. The molecule has 0 bridgehead atoms. The van der Waals surface area contributed by atoms with Gasteiger partial charge in [0, 0.05) is 0 Å². The normalized spacial score (nSPS) is 20.8. The standard InChI is InChI=1S/C36H32Cl3NO8/c37-36(38,39)35(40)48-34-31(44-22-25-15-7-2-8-16-25)30(43-21-24-13-5-1-6-14-24)29(47-33(42)27-19-11-4-12-20-27)28(46-34)23-45-32(41)26-17-9-3-10-18-26/h1-20,28-31,34,40H,21-23H2/t28-,29+,30+,31-,34?/m1/s1. The van der Waals surface area contributed by atoms with Crippen molar-refractivity contribution in [3.05, 3.63) is 144 Å². The Balaban J connectivity index is 1.51. The average molecular weight is 713 g/mol. The summed E-state index contributed by atoms with van der Waals surface area (Å²) in [7, 11) is 0. The molecule has 1 heterocycles. The van der Waals surface area contributed by atoms with Crippen molar-refractivity contribution in [3.63, 3.8) is 0 Å². The van der Waals surface area contributed by atoms with Gasteiger partial charge in [-0.2, -0.15) is 0 Å². The van der Waals surface area contributed by atoms with Crippen LogP contribution in [0.3, 0.4) is 0 Å². The molecule has 0 amide bonds. The summed E-state index contributed by atoms with van der Waals surface area (Å²) in [5.74, 6) is -2.05. The Hall–Kier alpha value is -3.96. The molecule has 0 aromatic heterocycles. The van der Waals surface area contributed by atoms with Gasteiger partial charge in [0.2, 0.25) is 12.2 Å². The maximum Gasteiger partial charge on any atom is 0.338 e. The number of esters is 2. The van der Waals surface area contributed by atoms with E-state index in [1.165, 1.54) is 0 Å². The SMILES string of the molecule is N=C(OC1O[C@H](COC(=O)c2ccccc2)[C@H](OC(=O)c2ccccc2)[C@H](OCc2ccccc2)[C@H]1OCc1ccccc1)C(Cl)(Cl)Cl. The largest absolute Gasteiger partial charge is 0.459 e. The summed E-state index contributed by atoms with van der Waals surface area (Å²) in [6.45, 7) is -0.257. The first-order chi connectivity index (χ1) is 23.2. The number of alkyl halides is 3. The molecular weight excluding hydrogens is 681 g/mol. The van der Waals surface area contributed by atoms with Gasteiger partial charge >= 0.3 is 11.9 Å². The predicted octanol–water partition coefficient (Wildman–Crippen LogP) is 7.33. The van der Waals surface area contributed by atoms with E-state index in [2.05, 4.69) is 0 Å². The monoisotopic (exact) mass is 711 g/mol. The van der Waals surface area contributed by atoms with Crippen LogP contribution in [0.2, 0.25) is 0 Å². The highest BCUT2D eigenvalue weighted by Gasteiger charge is 2.52. The molecule has 5 rings (SSSR count). The van der Waals surface area contributed by atoms with Crippen LogP contribution in [0, 0.1) is 5.41 Å². The minimum atomic E-state index is -2.24. The van der Waals surface area contributed by atoms with Crippen molar-refractivity contribution in [1.82, 2.24) is 0 Å². The van der Waals surface area contributed by atoms with Gasteiger partial charge < -0.3 is 28.4 Å². The van der Waals surface area contributed by atoms with E-state index < -0.39 is 58.9 Å². The highest BCUT2D eigenvalue weighted by Crippen LogP contribution is 2.34. The molecule has 1 N–H and O–H groups in total. The lowest BCUT2D eigenvalue weighted by Gasteiger charge is -2.45. The number of halogens is 3. The fraction of sp³-hybridized carbons (Fsp3) is 0.250. The van der Waals surface area contributed by atoms with Crippen molar-refractivity contribution < 1.29 is 38.0 Å². The molecule has 4 aromatic carbocycles. The Kier molecular flexibility index (Phi) is 12.5. The van der Waals surface area contributed by atoms with Gasteiger partial charge in [-0.3, -0.25) is 5.41 Å². The van der Waals surface area contributed by atoms with Crippen molar-refractivity contribution in [2.45, 2.75) is 47.7 Å². The lowest BCUT2D eigenvalue weighted by molar-refractivity contribution is -0.302. The summed E-state index contributed by atoms with van der Waals surface area (Å²) < 4.78 is 34.4. The van der Waals surface area contributed by atoms with Crippen LogP contribution >= 0.6 is 34.8 Å². The molecule has 12 heteroatoms. The molecule has 1 aliphatic heterocycles. The van der Waals surface area contributed by atoms with Crippen molar-refractivity contribution in [1.29, 1.82) is 5.41 Å². The third kappa shape index (κ3) is 9.79. The van der Waals surface area contributed by atoms with E-state index in [1.807, 2.05) is 60.7 Å². The highest BCUT2D eigenvalue weighted by atomic mass is 35.6. The van der Waals surface area contributed by atoms with Crippen LogP contribution in [-0.4, -0.2) is 58.9 Å². The Labute approximate surface area is 293 Å². The van der Waals surface area contributed by atoms with Crippen molar-refractivity contribution in [3.8, 4) is 0 Å². The number of carbonyl (C=O) groups excluding carboxylic acids is 2. The lowest BCUT2D eigenvalue weighted by atomic mass is 9.97. The molecule has 1 saturated heterocycles. The van der Waals surface area contributed by atoms with Gasteiger partial charge in [0.05, 0.1) is 24.3 Å². The highest BCUT2D eigenvalue weighted by molar-refractivity contribution is 6.76. The molecule has 0 radical (unpaired) electrons. The first-order valence-corrected chi connectivity index (χ1v) is 16.1. The van der Waals surface area contributed by atoms with Gasteiger partial charge in [0.15, 0.2) is 6.10 Å². The molecule has 1 fully saturated rings. The first-order valence-electron chi connectivity index (χ1n) is 15.0. The number of hydrogen-bond acceptors (Lipinski definition) is 9. The fourth-order valence-corrected chi connectivity index (χ4v) is 5.05. The summed E-state index contributed by atoms with van der Waals surface area (Å²) in [6, 6.07) is 35.4. The molecule has 0 saturated carbocycles. The smallest absolute Gasteiger partial charge is 0.338 e. The van der Waals surface area contributed by atoms with Gasteiger partial charge in [-0.1, -0.05) is 132 Å². The molecule has 0 aliphatic carbocycles. The quantitative estimate of drug-likeness (QED) is 0.0704. The van der Waals surface area contributed by atoms with Crippen LogP contribution in [0.5, 0.6) is 0 Å². The second-order valence-electron chi connectivity index (χ2n) is 10.7. The zero-order chi connectivity index (χ0) is 33.9. The zero-order valence-corrected chi connectivity index (χ0v) is 27.7. The van der Waals surface area contributed by atoms with Gasteiger partial charge in [-0.05, 0) is 35.4 Å². The number of carbonyl (C=O) groups is 2. The first kappa shape index (κ1) is 35.3. The molecule has 48 heavy (non-hydrogen) atoms. The molecule has 5 atom stereocenters. The Morgan fingerprint density at radius 2 is 1.08 bits per heavy atom. The number of hydrogen-bond donors (Lipinski definition) is 1. The Bertz CT molecular complexity index is 1630. The molecule has 1 unspecified atom stereocenters. The van der Waals surface area contributed by atoms with Crippen LogP contribution in [0.15, 0.2) is 121 Å². The van der Waals surface area contributed by atoms with Crippen LogP contribution in [-0.2, 0) is 41.6 Å². The summed E-state index contributed by atoms with van der Waals surface area (Å²) >= 11 is 18.0. The van der Waals surface area contributed by atoms with E-state index in [4.69, 9.17) is 68.6 Å². The van der Waals surface area contributed by atoms with Gasteiger partial charge in [-0.25, -0.2) is 9.59 Å². The van der Waals surface area contributed by atoms with Crippen LogP contribution in [0.25, 0.3) is 0 Å². The van der Waals surface area contributed by atoms with Crippen LogP contribution in [0.1, 0.15) is 31.8 Å². The third-order valence-corrected chi connectivity index (χ3v) is 7.81. The molecule has 4 aromatic rings. The summed E-state index contributed by atoms with van der Waals surface area (Å²) in [5.41, 5.74) is 2.21. The summed E-state index contributed by atoms with van der Waals surface area (Å²) in [6.07, 6.45) is -6.03. The van der Waals surface area contributed by atoms with E-state index in [9.17, 15) is 9.59 Å². The van der Waals surface area contributed by atoms with Crippen LogP contribution in [0.4, 0.5) is 0 Å². The lowest BCUT2D eigenvalue weighted by Crippen LogP contribution is -2.62. The molecule has 0 spiro atoms. The predicted molar refractivity (Wildman–Crippen MR) is 180 cm³/mol. The number of benzene rings is 4. The van der Waals surface area contributed by atoms with Crippen LogP contribution < -0.4 is 0 Å². The molecular formula is C36H32Cl3NO8. The van der Waals surface area contributed by atoms with E-state index in [0.717, 1.165) is 11.1 Å². The van der Waals surface area contributed by atoms with Gasteiger partial charge in [0.1, 0.15) is 24.9 Å².